The average molecular weight is 415 g/mol. The normalized spacial score (nSPS) is 17.6. The molecule has 7 heteroatoms. The minimum Gasteiger partial charge on any atom is -0.444 e. The molecular weight excluding hydrogens is 387 g/mol. The zero-order valence-electron chi connectivity index (χ0n) is 16.4. The Hall–Kier alpha value is -1.46. The van der Waals surface area contributed by atoms with Gasteiger partial charge in [-0.1, -0.05) is 29.3 Å². The number of benzene rings is 1. The van der Waals surface area contributed by atoms with Crippen molar-refractivity contribution < 1.29 is 14.3 Å². The number of hydrogen-bond donors (Lipinski definition) is 0. The van der Waals surface area contributed by atoms with Gasteiger partial charge in [-0.25, -0.2) is 4.79 Å². The lowest BCUT2D eigenvalue weighted by Crippen LogP contribution is -2.53. The number of likely N-dealkylation sites (N-methyl/N-ethyl adjacent to an activating group) is 1. The topological polar surface area (TPSA) is 49.9 Å². The molecule has 1 aromatic rings. The van der Waals surface area contributed by atoms with Crippen molar-refractivity contribution in [1.82, 2.24) is 9.80 Å². The Morgan fingerprint density at radius 1 is 1.22 bits per heavy atom. The minimum absolute atomic E-state index is 0.0610. The Balaban J connectivity index is 2.14. The third-order valence-corrected chi connectivity index (χ3v) is 5.21. The van der Waals surface area contributed by atoms with E-state index in [1.807, 2.05) is 33.8 Å². The number of ether oxygens (including phenoxy) is 1. The van der Waals surface area contributed by atoms with Crippen LogP contribution in [0.15, 0.2) is 18.2 Å². The van der Waals surface area contributed by atoms with Crippen molar-refractivity contribution in [3.8, 4) is 0 Å². The first-order valence-electron chi connectivity index (χ1n) is 9.34. The van der Waals surface area contributed by atoms with Gasteiger partial charge >= 0.3 is 6.09 Å². The van der Waals surface area contributed by atoms with Crippen LogP contribution in [0.2, 0.25) is 10.0 Å². The van der Waals surface area contributed by atoms with Gasteiger partial charge in [0.1, 0.15) is 11.6 Å². The zero-order chi connectivity index (χ0) is 20.2. The van der Waals surface area contributed by atoms with Gasteiger partial charge in [-0.15, -0.1) is 0 Å². The summed E-state index contributed by atoms with van der Waals surface area (Å²) in [7, 11) is 0. The van der Waals surface area contributed by atoms with E-state index < -0.39 is 17.7 Å². The van der Waals surface area contributed by atoms with Crippen LogP contribution in [0.4, 0.5) is 4.79 Å². The molecule has 0 N–H and O–H groups in total. The van der Waals surface area contributed by atoms with Crippen LogP contribution in [0.5, 0.6) is 0 Å². The Kier molecular flexibility index (Phi) is 7.40. The van der Waals surface area contributed by atoms with E-state index in [0.717, 1.165) is 18.4 Å². The van der Waals surface area contributed by atoms with E-state index >= 15 is 0 Å². The summed E-state index contributed by atoms with van der Waals surface area (Å²) in [4.78, 5) is 29.1. The van der Waals surface area contributed by atoms with Crippen LogP contribution in [-0.4, -0.2) is 46.5 Å². The number of likely N-dealkylation sites (tertiary alicyclic amines) is 1. The summed E-state index contributed by atoms with van der Waals surface area (Å²) in [5.41, 5.74) is 0.311. The number of piperidine rings is 1. The molecule has 1 saturated heterocycles. The molecule has 2 rings (SSSR count). The second-order valence-electron chi connectivity index (χ2n) is 7.79. The largest absolute Gasteiger partial charge is 0.444 e. The first-order valence-corrected chi connectivity index (χ1v) is 10.1. The summed E-state index contributed by atoms with van der Waals surface area (Å²) in [5, 5.41) is 0.948. The molecule has 150 valence electrons. The van der Waals surface area contributed by atoms with Crippen LogP contribution in [0.1, 0.15) is 52.5 Å². The molecule has 0 aliphatic carbocycles. The standard InChI is InChI=1S/C20H28Cl2N2O3/c1-5-23(13-14-9-10-15(21)16(22)12-14)18(25)17-8-6-7-11-24(17)19(26)27-20(2,3)4/h9-10,12,17H,5-8,11,13H2,1-4H3. The van der Waals surface area contributed by atoms with Crippen molar-refractivity contribution in [2.24, 2.45) is 0 Å². The summed E-state index contributed by atoms with van der Waals surface area (Å²) < 4.78 is 5.50. The van der Waals surface area contributed by atoms with E-state index in [1.54, 1.807) is 21.9 Å². The fourth-order valence-electron chi connectivity index (χ4n) is 3.14. The van der Waals surface area contributed by atoms with E-state index in [-0.39, 0.29) is 5.91 Å². The van der Waals surface area contributed by atoms with Gasteiger partial charge in [0.25, 0.3) is 0 Å². The van der Waals surface area contributed by atoms with Gasteiger partial charge in [0.15, 0.2) is 0 Å². The van der Waals surface area contributed by atoms with E-state index in [4.69, 9.17) is 27.9 Å². The predicted molar refractivity (Wildman–Crippen MR) is 108 cm³/mol. The van der Waals surface area contributed by atoms with Crippen molar-refractivity contribution in [2.75, 3.05) is 13.1 Å². The van der Waals surface area contributed by atoms with Crippen LogP contribution >= 0.6 is 23.2 Å². The maximum absolute atomic E-state index is 13.2. The van der Waals surface area contributed by atoms with E-state index in [9.17, 15) is 9.59 Å². The van der Waals surface area contributed by atoms with Gasteiger partial charge in [0, 0.05) is 19.6 Å². The molecule has 0 bridgehead atoms. The molecule has 2 amide bonds. The molecule has 27 heavy (non-hydrogen) atoms. The quantitative estimate of drug-likeness (QED) is 0.685. The molecule has 0 aromatic heterocycles. The number of carbonyl (C=O) groups excluding carboxylic acids is 2. The smallest absolute Gasteiger partial charge is 0.410 e. The molecule has 0 saturated carbocycles. The van der Waals surface area contributed by atoms with Crippen molar-refractivity contribution in [1.29, 1.82) is 0 Å². The Morgan fingerprint density at radius 3 is 2.52 bits per heavy atom. The molecule has 1 fully saturated rings. The monoisotopic (exact) mass is 414 g/mol. The van der Waals surface area contributed by atoms with Crippen molar-refractivity contribution in [2.45, 2.75) is 65.1 Å². The van der Waals surface area contributed by atoms with Crippen LogP contribution in [0.25, 0.3) is 0 Å². The number of hydrogen-bond acceptors (Lipinski definition) is 3. The third-order valence-electron chi connectivity index (χ3n) is 4.47. The van der Waals surface area contributed by atoms with Crippen molar-refractivity contribution in [3.63, 3.8) is 0 Å². The predicted octanol–water partition coefficient (Wildman–Crippen LogP) is 5.13. The molecule has 0 radical (unpaired) electrons. The van der Waals surface area contributed by atoms with Crippen molar-refractivity contribution in [3.05, 3.63) is 33.8 Å². The Labute approximate surface area is 171 Å². The van der Waals surface area contributed by atoms with Crippen LogP contribution in [0.3, 0.4) is 0 Å². The van der Waals surface area contributed by atoms with Gasteiger partial charge in [-0.3, -0.25) is 9.69 Å². The minimum atomic E-state index is -0.591. The number of rotatable bonds is 4. The number of carbonyl (C=O) groups is 2. The van der Waals surface area contributed by atoms with Crippen LogP contribution in [-0.2, 0) is 16.1 Å². The van der Waals surface area contributed by atoms with Crippen LogP contribution < -0.4 is 0 Å². The molecule has 0 spiro atoms. The second-order valence-corrected chi connectivity index (χ2v) is 8.60. The van der Waals surface area contributed by atoms with Gasteiger partial charge in [0.2, 0.25) is 5.91 Å². The summed E-state index contributed by atoms with van der Waals surface area (Å²) in [6.07, 6.45) is 2.02. The Morgan fingerprint density at radius 2 is 1.93 bits per heavy atom. The van der Waals surface area contributed by atoms with Gasteiger partial charge < -0.3 is 9.64 Å². The second kappa shape index (κ2) is 9.16. The summed E-state index contributed by atoms with van der Waals surface area (Å²) in [6.45, 7) is 8.91. The molecule has 1 heterocycles. The highest BCUT2D eigenvalue weighted by Gasteiger charge is 2.36. The van der Waals surface area contributed by atoms with Gasteiger partial charge in [0.05, 0.1) is 10.0 Å². The fourth-order valence-corrected chi connectivity index (χ4v) is 3.46. The first-order chi connectivity index (χ1) is 12.6. The SMILES string of the molecule is CCN(Cc1ccc(Cl)c(Cl)c1)C(=O)C1CCCCN1C(=O)OC(C)(C)C. The highest BCUT2D eigenvalue weighted by atomic mass is 35.5. The lowest BCUT2D eigenvalue weighted by atomic mass is 10.0. The molecule has 1 aliphatic heterocycles. The van der Waals surface area contributed by atoms with E-state index in [0.29, 0.717) is 36.1 Å². The third kappa shape index (κ3) is 6.01. The van der Waals surface area contributed by atoms with Crippen molar-refractivity contribution >= 4 is 35.2 Å². The number of amides is 2. The maximum Gasteiger partial charge on any atom is 0.410 e. The molecular formula is C20H28Cl2N2O3. The highest BCUT2D eigenvalue weighted by Crippen LogP contribution is 2.25. The molecule has 1 aromatic carbocycles. The average Bonchev–Trinajstić information content (AvgIpc) is 2.60. The highest BCUT2D eigenvalue weighted by molar-refractivity contribution is 6.42. The molecule has 1 aliphatic rings. The van der Waals surface area contributed by atoms with E-state index in [1.165, 1.54) is 0 Å². The summed E-state index contributed by atoms with van der Waals surface area (Å²) in [5.74, 6) is -0.0610. The van der Waals surface area contributed by atoms with E-state index in [2.05, 4.69) is 0 Å². The fraction of sp³-hybridized carbons (Fsp3) is 0.600. The van der Waals surface area contributed by atoms with Gasteiger partial charge in [-0.05, 0) is 64.7 Å². The first kappa shape index (κ1) is 21.8. The zero-order valence-corrected chi connectivity index (χ0v) is 17.9. The Bertz CT molecular complexity index is 688. The maximum atomic E-state index is 13.2. The number of halogens is 2. The summed E-state index contributed by atoms with van der Waals surface area (Å²) >= 11 is 12.1. The van der Waals surface area contributed by atoms with Gasteiger partial charge in [-0.2, -0.15) is 0 Å². The summed E-state index contributed by atoms with van der Waals surface area (Å²) in [6, 6.07) is 4.87. The molecule has 5 nitrogen and oxygen atoms in total. The lowest BCUT2D eigenvalue weighted by molar-refractivity contribution is -0.138. The number of nitrogens with zero attached hydrogens (tertiary/aromatic N) is 2. The van der Waals surface area contributed by atoms with Crippen LogP contribution in [0, 0.1) is 0 Å². The lowest BCUT2D eigenvalue weighted by Gasteiger charge is -2.38. The molecule has 1 atom stereocenters. The molecule has 1 unspecified atom stereocenters.